The number of carbonyl (C=O) groups is 4. The highest BCUT2D eigenvalue weighted by molar-refractivity contribution is 7.80. The predicted molar refractivity (Wildman–Crippen MR) is 119 cm³/mol. The molecule has 13 heteroatoms. The fraction of sp³-hybridized carbons (Fsp3) is 0.368. The molecule has 2 fully saturated rings. The van der Waals surface area contributed by atoms with Gasteiger partial charge < -0.3 is 0 Å². The van der Waals surface area contributed by atoms with Crippen molar-refractivity contribution in [3.63, 3.8) is 0 Å². The Bertz CT molecular complexity index is 988. The molecule has 2 heterocycles. The zero-order chi connectivity index (χ0) is 24.1. The lowest BCUT2D eigenvalue weighted by Gasteiger charge is -2.43. The van der Waals surface area contributed by atoms with Crippen LogP contribution in [0.5, 0.6) is 0 Å². The van der Waals surface area contributed by atoms with Crippen LogP contribution >= 0.6 is 24.4 Å². The predicted octanol–water partition coefficient (Wildman–Crippen LogP) is 0.341. The molecule has 168 valence electrons. The van der Waals surface area contributed by atoms with Gasteiger partial charge in [-0.3, -0.25) is 48.9 Å². The molecule has 0 atom stereocenters. The Kier molecular flexibility index (Phi) is 6.07. The molecule has 0 spiro atoms. The number of carbonyl (C=O) groups excluding carboxylic acids is 4. The minimum absolute atomic E-state index is 0.0363. The number of hydrogen-bond donors (Lipinski definition) is 0. The van der Waals surface area contributed by atoms with E-state index in [4.69, 9.17) is 24.4 Å². The van der Waals surface area contributed by atoms with Gasteiger partial charge in [-0.1, -0.05) is 12.1 Å². The van der Waals surface area contributed by atoms with Crippen molar-refractivity contribution in [2.45, 2.75) is 5.92 Å². The van der Waals surface area contributed by atoms with Gasteiger partial charge in [-0.25, -0.2) is 0 Å². The van der Waals surface area contributed by atoms with Gasteiger partial charge in [0.05, 0.1) is 4.92 Å². The van der Waals surface area contributed by atoms with Crippen molar-refractivity contribution in [2.24, 2.45) is 11.8 Å². The molecule has 1 aromatic carbocycles. The van der Waals surface area contributed by atoms with Crippen molar-refractivity contribution in [1.82, 2.24) is 19.6 Å². The monoisotopic (exact) mass is 477 g/mol. The molecule has 0 aromatic heterocycles. The summed E-state index contributed by atoms with van der Waals surface area (Å²) in [5.41, 5.74) is -0.185. The first-order valence-corrected chi connectivity index (χ1v) is 10.1. The second-order valence-corrected chi connectivity index (χ2v) is 8.22. The lowest BCUT2D eigenvalue weighted by Crippen LogP contribution is -2.63. The Hall–Kier alpha value is -3.32. The first kappa shape index (κ1) is 23.3. The maximum atomic E-state index is 13.2. The topological polar surface area (TPSA) is 124 Å². The first-order chi connectivity index (χ1) is 14.9. The van der Waals surface area contributed by atoms with Crippen molar-refractivity contribution in [3.05, 3.63) is 39.9 Å². The minimum atomic E-state index is -1.51. The summed E-state index contributed by atoms with van der Waals surface area (Å²) >= 11 is 10.3. The molecule has 2 aliphatic rings. The molecule has 0 radical (unpaired) electrons. The summed E-state index contributed by atoms with van der Waals surface area (Å²) in [5.74, 6) is -7.20. The third-order valence-electron chi connectivity index (χ3n) is 5.72. The van der Waals surface area contributed by atoms with E-state index in [-0.39, 0.29) is 21.5 Å². The van der Waals surface area contributed by atoms with Crippen molar-refractivity contribution in [1.29, 1.82) is 0 Å². The van der Waals surface area contributed by atoms with Crippen LogP contribution in [0.3, 0.4) is 0 Å². The Morgan fingerprint density at radius 3 is 1.53 bits per heavy atom. The van der Waals surface area contributed by atoms with Crippen LogP contribution in [-0.2, 0) is 19.2 Å². The molecule has 0 bridgehead atoms. The molecule has 0 saturated carbocycles. The minimum Gasteiger partial charge on any atom is -0.291 e. The van der Waals surface area contributed by atoms with Crippen LogP contribution in [0.15, 0.2) is 24.3 Å². The number of benzene rings is 1. The Labute approximate surface area is 193 Å². The van der Waals surface area contributed by atoms with Crippen LogP contribution in [0.2, 0.25) is 0 Å². The molecule has 2 aliphatic heterocycles. The van der Waals surface area contributed by atoms with E-state index in [1.165, 1.54) is 46.4 Å². The largest absolute Gasteiger partial charge is 0.291 e. The molecule has 2 saturated heterocycles. The number of rotatable bonds is 4. The van der Waals surface area contributed by atoms with Crippen LogP contribution in [-0.4, -0.2) is 86.6 Å². The van der Waals surface area contributed by atoms with E-state index in [2.05, 4.69) is 0 Å². The van der Waals surface area contributed by atoms with Crippen molar-refractivity contribution in [2.75, 3.05) is 28.2 Å². The molecule has 0 aliphatic carbocycles. The van der Waals surface area contributed by atoms with Crippen molar-refractivity contribution >= 4 is 64.0 Å². The van der Waals surface area contributed by atoms with E-state index in [9.17, 15) is 29.3 Å². The highest BCUT2D eigenvalue weighted by Crippen LogP contribution is 2.40. The van der Waals surface area contributed by atoms with Crippen LogP contribution in [0.4, 0.5) is 5.69 Å². The number of hydrogen-bond acceptors (Lipinski definition) is 8. The number of non-ortho nitro benzene ring substituents is 1. The summed E-state index contributed by atoms with van der Waals surface area (Å²) in [4.78, 5) is 67.8. The van der Waals surface area contributed by atoms with Crippen molar-refractivity contribution in [3.8, 4) is 0 Å². The third kappa shape index (κ3) is 3.52. The Morgan fingerprint density at radius 2 is 1.19 bits per heavy atom. The molecule has 32 heavy (non-hydrogen) atoms. The highest BCUT2D eigenvalue weighted by atomic mass is 32.1. The Balaban J connectivity index is 2.25. The second-order valence-electron chi connectivity index (χ2n) is 7.49. The number of nitro groups is 1. The van der Waals surface area contributed by atoms with Gasteiger partial charge in [-0.05, 0) is 30.0 Å². The highest BCUT2D eigenvalue weighted by Gasteiger charge is 2.54. The summed E-state index contributed by atoms with van der Waals surface area (Å²) < 4.78 is 0. The van der Waals surface area contributed by atoms with Crippen LogP contribution in [0.25, 0.3) is 0 Å². The van der Waals surface area contributed by atoms with E-state index >= 15 is 0 Å². The fourth-order valence-electron chi connectivity index (χ4n) is 3.91. The summed E-state index contributed by atoms with van der Waals surface area (Å²) in [6, 6.07) is 5.20. The van der Waals surface area contributed by atoms with Gasteiger partial charge in [0.1, 0.15) is 11.8 Å². The quantitative estimate of drug-likeness (QED) is 0.263. The normalized spacial score (nSPS) is 19.0. The van der Waals surface area contributed by atoms with E-state index in [0.717, 1.165) is 25.7 Å². The standard InChI is InChI=1S/C19H19N5O6S2/c1-20-14(25)12(15(26)21(2)18(20)31)11(9-6-5-7-10(8-9)24(29)30)13-16(27)22(3)19(32)23(4)17(13)28/h5-8,11-13H,1-4H3. The lowest BCUT2D eigenvalue weighted by atomic mass is 9.73. The van der Waals surface area contributed by atoms with Crippen LogP contribution in [0, 0.1) is 22.0 Å². The van der Waals surface area contributed by atoms with Gasteiger partial charge in [0.2, 0.25) is 23.6 Å². The molecule has 11 nitrogen and oxygen atoms in total. The lowest BCUT2D eigenvalue weighted by molar-refractivity contribution is -0.384. The molecule has 3 rings (SSSR count). The second kappa shape index (κ2) is 8.31. The SMILES string of the molecule is CN1C(=O)C(C(c2cccc([N+](=O)[O-])c2)C2C(=O)N(C)C(=S)N(C)C2=O)C(=O)N(C)C1=S. The molecule has 0 unspecified atom stereocenters. The molecular formula is C19H19N5O6S2. The maximum absolute atomic E-state index is 13.2. The zero-order valence-corrected chi connectivity index (χ0v) is 19.2. The molecule has 4 amide bonds. The van der Waals surface area contributed by atoms with Gasteiger partial charge in [-0.2, -0.15) is 0 Å². The number of nitro benzene ring substituents is 1. The molecule has 0 N–H and O–H groups in total. The fourth-order valence-corrected chi connectivity index (χ4v) is 4.27. The van der Waals surface area contributed by atoms with Crippen molar-refractivity contribution < 1.29 is 24.1 Å². The summed E-state index contributed by atoms with van der Waals surface area (Å²) in [5, 5.41) is 11.3. The van der Waals surface area contributed by atoms with E-state index in [1.807, 2.05) is 0 Å². The van der Waals surface area contributed by atoms with Gasteiger partial charge in [0, 0.05) is 46.2 Å². The van der Waals surface area contributed by atoms with Gasteiger partial charge >= 0.3 is 0 Å². The van der Waals surface area contributed by atoms with E-state index in [1.54, 1.807) is 0 Å². The summed E-state index contributed by atoms with van der Waals surface area (Å²) in [7, 11) is 5.51. The summed E-state index contributed by atoms with van der Waals surface area (Å²) in [6.45, 7) is 0. The van der Waals surface area contributed by atoms with Crippen LogP contribution < -0.4 is 0 Å². The summed E-state index contributed by atoms with van der Waals surface area (Å²) in [6.07, 6.45) is 0. The average molecular weight is 478 g/mol. The smallest absolute Gasteiger partial charge is 0.269 e. The van der Waals surface area contributed by atoms with Gasteiger partial charge in [0.25, 0.3) is 5.69 Å². The zero-order valence-electron chi connectivity index (χ0n) is 17.5. The van der Waals surface area contributed by atoms with E-state index < -0.39 is 46.3 Å². The molecular weight excluding hydrogens is 458 g/mol. The third-order valence-corrected chi connectivity index (χ3v) is 6.81. The number of thiocarbonyl (C=S) groups is 2. The number of nitrogens with zero attached hydrogens (tertiary/aromatic N) is 5. The average Bonchev–Trinajstić information content (AvgIpc) is 2.78. The number of amides is 4. The van der Waals surface area contributed by atoms with E-state index in [0.29, 0.717) is 0 Å². The molecule has 1 aromatic rings. The van der Waals surface area contributed by atoms with Gasteiger partial charge in [-0.15, -0.1) is 0 Å². The maximum Gasteiger partial charge on any atom is 0.269 e. The first-order valence-electron chi connectivity index (χ1n) is 9.32. The van der Waals surface area contributed by atoms with Crippen LogP contribution in [0.1, 0.15) is 11.5 Å². The Morgan fingerprint density at radius 1 is 0.812 bits per heavy atom. The van der Waals surface area contributed by atoms with Gasteiger partial charge in [0.15, 0.2) is 10.2 Å².